The summed E-state index contributed by atoms with van der Waals surface area (Å²) in [5.74, 6) is -0.0882. The van der Waals surface area contributed by atoms with Gasteiger partial charge in [-0.25, -0.2) is 5.48 Å². The molecule has 1 aromatic carbocycles. The summed E-state index contributed by atoms with van der Waals surface area (Å²) < 4.78 is 0. The Morgan fingerprint density at radius 1 is 1.25 bits per heavy atom. The summed E-state index contributed by atoms with van der Waals surface area (Å²) in [6.45, 7) is 3.21. The second-order valence-electron chi connectivity index (χ2n) is 5.02. The van der Waals surface area contributed by atoms with Crippen LogP contribution in [0.1, 0.15) is 25.3 Å². The van der Waals surface area contributed by atoms with Gasteiger partial charge in [0.1, 0.15) is 0 Å². The smallest absolute Gasteiger partial charge is 0.246 e. The molecule has 108 valence electrons. The number of carbonyl (C=O) groups excluding carboxylic acids is 2. The maximum atomic E-state index is 11.9. The number of nitrogens with one attached hydrogen (secondary N) is 1. The van der Waals surface area contributed by atoms with Crippen molar-refractivity contribution < 1.29 is 14.4 Å². The lowest BCUT2D eigenvalue weighted by atomic mass is 9.96. The Bertz CT molecular complexity index is 453. The molecule has 5 nitrogen and oxygen atoms in total. The number of hydrogen-bond donors (Lipinski definition) is 1. The van der Waals surface area contributed by atoms with E-state index in [1.54, 1.807) is 11.8 Å². The number of piperidine rings is 1. The number of likely N-dealkylation sites (tertiary alicyclic amines) is 1. The first-order valence-electron chi connectivity index (χ1n) is 6.88. The number of rotatable bonds is 4. The summed E-state index contributed by atoms with van der Waals surface area (Å²) in [6, 6.07) is 9.68. The molecule has 0 radical (unpaired) electrons. The molecule has 5 heteroatoms. The first-order chi connectivity index (χ1) is 9.66. The Hall–Kier alpha value is -1.88. The van der Waals surface area contributed by atoms with Crippen LogP contribution in [-0.4, -0.2) is 29.8 Å². The third-order valence-corrected chi connectivity index (χ3v) is 3.57. The summed E-state index contributed by atoms with van der Waals surface area (Å²) in [7, 11) is 0. The lowest BCUT2D eigenvalue weighted by molar-refractivity contribution is -0.142. The van der Waals surface area contributed by atoms with Crippen molar-refractivity contribution in [1.82, 2.24) is 10.4 Å². The van der Waals surface area contributed by atoms with Gasteiger partial charge in [0.05, 0.1) is 6.61 Å². The van der Waals surface area contributed by atoms with Gasteiger partial charge in [0, 0.05) is 25.9 Å². The fourth-order valence-electron chi connectivity index (χ4n) is 2.30. The minimum absolute atomic E-state index is 0.0682. The highest BCUT2D eigenvalue weighted by molar-refractivity contribution is 5.78. The number of benzene rings is 1. The fourth-order valence-corrected chi connectivity index (χ4v) is 2.30. The van der Waals surface area contributed by atoms with Crippen LogP contribution in [0.25, 0.3) is 0 Å². The lowest BCUT2D eigenvalue weighted by Crippen LogP contribution is -2.42. The normalized spacial score (nSPS) is 15.9. The van der Waals surface area contributed by atoms with E-state index in [4.69, 9.17) is 4.84 Å². The highest BCUT2D eigenvalue weighted by atomic mass is 16.6. The minimum atomic E-state index is -0.0934. The third-order valence-electron chi connectivity index (χ3n) is 3.57. The van der Waals surface area contributed by atoms with Crippen LogP contribution in [0.4, 0.5) is 0 Å². The first-order valence-corrected chi connectivity index (χ1v) is 6.88. The Labute approximate surface area is 118 Å². The molecule has 0 saturated carbocycles. The van der Waals surface area contributed by atoms with Crippen molar-refractivity contribution in [3.63, 3.8) is 0 Å². The van der Waals surface area contributed by atoms with Crippen LogP contribution in [0.5, 0.6) is 0 Å². The second-order valence-corrected chi connectivity index (χ2v) is 5.02. The Morgan fingerprint density at radius 3 is 2.50 bits per heavy atom. The molecular weight excluding hydrogens is 256 g/mol. The van der Waals surface area contributed by atoms with E-state index in [9.17, 15) is 9.59 Å². The van der Waals surface area contributed by atoms with Crippen LogP contribution in [0.3, 0.4) is 0 Å². The van der Waals surface area contributed by atoms with Gasteiger partial charge >= 0.3 is 0 Å². The number of carbonyl (C=O) groups is 2. The Kier molecular flexibility index (Phi) is 5.12. The van der Waals surface area contributed by atoms with Crippen molar-refractivity contribution in [2.75, 3.05) is 13.1 Å². The standard InChI is InChI=1S/C15H20N2O3/c1-12(18)17-9-7-14(8-10-17)15(19)16-20-11-13-5-3-2-4-6-13/h2-6,14H,7-11H2,1H3,(H,16,19). The number of amides is 2. The Morgan fingerprint density at radius 2 is 1.90 bits per heavy atom. The highest BCUT2D eigenvalue weighted by Gasteiger charge is 2.25. The molecule has 1 aromatic rings. The van der Waals surface area contributed by atoms with Gasteiger partial charge in [-0.3, -0.25) is 14.4 Å². The molecule has 1 fully saturated rings. The monoisotopic (exact) mass is 276 g/mol. The van der Waals surface area contributed by atoms with Crippen LogP contribution in [0.2, 0.25) is 0 Å². The predicted octanol–water partition coefficient (Wildman–Crippen LogP) is 1.49. The molecule has 1 saturated heterocycles. The van der Waals surface area contributed by atoms with Crippen LogP contribution >= 0.6 is 0 Å². The zero-order valence-electron chi connectivity index (χ0n) is 11.7. The van der Waals surface area contributed by atoms with Crippen molar-refractivity contribution in [3.8, 4) is 0 Å². The van der Waals surface area contributed by atoms with Crippen LogP contribution in [-0.2, 0) is 21.0 Å². The molecule has 1 heterocycles. The molecule has 0 bridgehead atoms. The van der Waals surface area contributed by atoms with Gasteiger partial charge in [-0.05, 0) is 18.4 Å². The zero-order chi connectivity index (χ0) is 14.4. The highest BCUT2D eigenvalue weighted by Crippen LogP contribution is 2.17. The van der Waals surface area contributed by atoms with Crippen LogP contribution in [0.15, 0.2) is 30.3 Å². The van der Waals surface area contributed by atoms with Crippen molar-refractivity contribution in [3.05, 3.63) is 35.9 Å². The van der Waals surface area contributed by atoms with Gasteiger partial charge in [-0.2, -0.15) is 0 Å². The quantitative estimate of drug-likeness (QED) is 0.848. The van der Waals surface area contributed by atoms with Crippen LogP contribution < -0.4 is 5.48 Å². The molecule has 2 rings (SSSR count). The van der Waals surface area contributed by atoms with E-state index in [1.807, 2.05) is 30.3 Å². The van der Waals surface area contributed by atoms with Crippen LogP contribution in [0, 0.1) is 5.92 Å². The fraction of sp³-hybridized carbons (Fsp3) is 0.467. The molecule has 1 aliphatic heterocycles. The van der Waals surface area contributed by atoms with Crippen molar-refractivity contribution >= 4 is 11.8 Å². The van der Waals surface area contributed by atoms with Gasteiger partial charge < -0.3 is 4.90 Å². The van der Waals surface area contributed by atoms with E-state index in [0.717, 1.165) is 5.56 Å². The summed E-state index contributed by atoms with van der Waals surface area (Å²) in [5, 5.41) is 0. The van der Waals surface area contributed by atoms with Crippen molar-refractivity contribution in [2.45, 2.75) is 26.4 Å². The van der Waals surface area contributed by atoms with Gasteiger partial charge in [0.2, 0.25) is 11.8 Å². The van der Waals surface area contributed by atoms with Crippen molar-refractivity contribution in [2.24, 2.45) is 5.92 Å². The molecule has 0 spiro atoms. The molecular formula is C15H20N2O3. The SMILES string of the molecule is CC(=O)N1CCC(C(=O)NOCc2ccccc2)CC1. The molecule has 2 amide bonds. The van der Waals surface area contributed by atoms with Crippen molar-refractivity contribution in [1.29, 1.82) is 0 Å². The van der Waals surface area contributed by atoms with E-state index < -0.39 is 0 Å². The van der Waals surface area contributed by atoms with Gasteiger partial charge in [-0.15, -0.1) is 0 Å². The Balaban J connectivity index is 1.69. The summed E-state index contributed by atoms with van der Waals surface area (Å²) in [6.07, 6.45) is 1.39. The average Bonchev–Trinajstić information content (AvgIpc) is 2.48. The maximum Gasteiger partial charge on any atom is 0.246 e. The maximum absolute atomic E-state index is 11.9. The molecule has 0 aromatic heterocycles. The average molecular weight is 276 g/mol. The summed E-state index contributed by atoms with van der Waals surface area (Å²) >= 11 is 0. The largest absolute Gasteiger partial charge is 0.343 e. The molecule has 0 aliphatic carbocycles. The minimum Gasteiger partial charge on any atom is -0.343 e. The number of hydrogen-bond acceptors (Lipinski definition) is 3. The predicted molar refractivity (Wildman–Crippen MR) is 74.4 cm³/mol. The summed E-state index contributed by atoms with van der Waals surface area (Å²) in [4.78, 5) is 30.1. The molecule has 1 aliphatic rings. The third kappa shape index (κ3) is 4.06. The zero-order valence-corrected chi connectivity index (χ0v) is 11.7. The number of hydroxylamine groups is 1. The summed E-state index contributed by atoms with van der Waals surface area (Å²) in [5.41, 5.74) is 3.52. The van der Waals surface area contributed by atoms with E-state index in [0.29, 0.717) is 32.5 Å². The van der Waals surface area contributed by atoms with E-state index >= 15 is 0 Å². The second kappa shape index (κ2) is 7.05. The number of nitrogens with zero attached hydrogens (tertiary/aromatic N) is 1. The van der Waals surface area contributed by atoms with E-state index in [-0.39, 0.29) is 17.7 Å². The van der Waals surface area contributed by atoms with E-state index in [1.165, 1.54) is 0 Å². The van der Waals surface area contributed by atoms with E-state index in [2.05, 4.69) is 5.48 Å². The molecule has 1 N–H and O–H groups in total. The molecule has 0 atom stereocenters. The molecule has 20 heavy (non-hydrogen) atoms. The van der Waals surface area contributed by atoms with Gasteiger partial charge in [0.15, 0.2) is 0 Å². The lowest BCUT2D eigenvalue weighted by Gasteiger charge is -2.30. The van der Waals surface area contributed by atoms with Gasteiger partial charge in [0.25, 0.3) is 0 Å². The van der Waals surface area contributed by atoms with Gasteiger partial charge in [-0.1, -0.05) is 30.3 Å². The molecule has 0 unspecified atom stereocenters. The topological polar surface area (TPSA) is 58.6 Å². The first kappa shape index (κ1) is 14.5.